The molecule has 0 atom stereocenters. The molecule has 1 aromatic heterocycles. The number of sulfonamides is 1. The lowest BCUT2D eigenvalue weighted by Crippen LogP contribution is -2.31. The number of benzene rings is 1. The Bertz CT molecular complexity index is 665. The molecule has 2 aromatic rings. The molecule has 2 rings (SSSR count). The molecule has 0 saturated carbocycles. The minimum atomic E-state index is -3.57. The highest BCUT2D eigenvalue weighted by molar-refractivity contribution is 7.94. The van der Waals surface area contributed by atoms with Crippen LogP contribution in [0.25, 0.3) is 0 Å². The van der Waals surface area contributed by atoms with Crippen molar-refractivity contribution < 1.29 is 13.5 Å². The molecule has 114 valence electrons. The zero-order valence-corrected chi connectivity index (χ0v) is 13.5. The maximum atomic E-state index is 12.8. The molecular weight excluding hydrogens is 306 g/mol. The van der Waals surface area contributed by atoms with E-state index in [0.717, 1.165) is 11.3 Å². The first-order chi connectivity index (χ1) is 10.1. The van der Waals surface area contributed by atoms with E-state index in [1.165, 1.54) is 15.6 Å². The fourth-order valence-electron chi connectivity index (χ4n) is 1.99. The molecule has 0 radical (unpaired) electrons. The van der Waals surface area contributed by atoms with Crippen LogP contribution in [0.5, 0.6) is 0 Å². The van der Waals surface area contributed by atoms with Crippen molar-refractivity contribution in [3.63, 3.8) is 0 Å². The molecule has 0 aliphatic rings. The summed E-state index contributed by atoms with van der Waals surface area (Å²) >= 11 is 1.30. The van der Waals surface area contributed by atoms with Crippen molar-refractivity contribution in [1.29, 1.82) is 0 Å². The van der Waals surface area contributed by atoms with E-state index in [2.05, 4.69) is 0 Å². The first kappa shape index (κ1) is 16.0. The van der Waals surface area contributed by atoms with Gasteiger partial charge in [-0.2, -0.15) is 0 Å². The molecule has 0 spiro atoms. The quantitative estimate of drug-likeness (QED) is 0.851. The molecule has 4 nitrogen and oxygen atoms in total. The van der Waals surface area contributed by atoms with E-state index < -0.39 is 10.0 Å². The highest BCUT2D eigenvalue weighted by Crippen LogP contribution is 2.29. The van der Waals surface area contributed by atoms with Gasteiger partial charge < -0.3 is 5.11 Å². The summed E-state index contributed by atoms with van der Waals surface area (Å²) in [5, 5.41) is 9.02. The Morgan fingerprint density at radius 1 is 1.14 bits per heavy atom. The number of thiophene rings is 1. The lowest BCUT2D eigenvalue weighted by Gasteiger charge is -2.23. The largest absolute Gasteiger partial charge is 0.396 e. The second kappa shape index (κ2) is 7.06. The molecular formula is C15H19NO3S2. The number of hydrogen-bond donors (Lipinski definition) is 1. The molecule has 0 bridgehead atoms. The third-order valence-corrected chi connectivity index (χ3v) is 6.62. The molecule has 0 unspecified atom stereocenters. The molecule has 1 aromatic carbocycles. The average Bonchev–Trinajstić information content (AvgIpc) is 2.98. The second-order valence-electron chi connectivity index (χ2n) is 4.56. The number of aliphatic hydroxyl groups is 1. The smallest absolute Gasteiger partial charge is 0.273 e. The monoisotopic (exact) mass is 325 g/mol. The van der Waals surface area contributed by atoms with Gasteiger partial charge >= 0.3 is 0 Å². The number of para-hydroxylation sites is 1. The first-order valence-electron chi connectivity index (χ1n) is 6.87. The van der Waals surface area contributed by atoms with E-state index in [1.54, 1.807) is 18.2 Å². The Morgan fingerprint density at radius 2 is 1.86 bits per heavy atom. The molecule has 1 N–H and O–H groups in total. The fraction of sp³-hybridized carbons (Fsp3) is 0.333. The van der Waals surface area contributed by atoms with Crippen LogP contribution in [0.4, 0.5) is 5.69 Å². The van der Waals surface area contributed by atoms with Crippen LogP contribution in [-0.2, 0) is 16.4 Å². The van der Waals surface area contributed by atoms with Crippen molar-refractivity contribution in [2.24, 2.45) is 0 Å². The number of rotatable bonds is 7. The van der Waals surface area contributed by atoms with Crippen LogP contribution >= 0.6 is 11.3 Å². The van der Waals surface area contributed by atoms with Gasteiger partial charge in [-0.3, -0.25) is 4.31 Å². The third-order valence-electron chi connectivity index (χ3n) is 3.09. The van der Waals surface area contributed by atoms with Gasteiger partial charge in [0.05, 0.1) is 5.69 Å². The van der Waals surface area contributed by atoms with E-state index >= 15 is 0 Å². The van der Waals surface area contributed by atoms with Gasteiger partial charge in [0.15, 0.2) is 0 Å². The molecule has 21 heavy (non-hydrogen) atoms. The van der Waals surface area contributed by atoms with Gasteiger partial charge in [-0.1, -0.05) is 25.1 Å². The maximum Gasteiger partial charge on any atom is 0.273 e. The molecule has 6 heteroatoms. The fourth-order valence-corrected chi connectivity index (χ4v) is 4.91. The zero-order chi connectivity index (χ0) is 15.3. The van der Waals surface area contributed by atoms with Gasteiger partial charge in [0.25, 0.3) is 10.0 Å². The maximum absolute atomic E-state index is 12.8. The Kier molecular flexibility index (Phi) is 5.39. The number of aryl methyl sites for hydroxylation is 1. The SMILES string of the molecule is CCc1ccc(S(=O)(=O)N(CCCO)c2ccccc2)s1. The zero-order valence-electron chi connectivity index (χ0n) is 11.9. The van der Waals surface area contributed by atoms with Gasteiger partial charge in [0.2, 0.25) is 0 Å². The number of hydrogen-bond acceptors (Lipinski definition) is 4. The second-order valence-corrected chi connectivity index (χ2v) is 7.82. The topological polar surface area (TPSA) is 57.6 Å². The van der Waals surface area contributed by atoms with Crippen molar-refractivity contribution in [2.75, 3.05) is 17.5 Å². The van der Waals surface area contributed by atoms with E-state index in [-0.39, 0.29) is 13.2 Å². The third kappa shape index (κ3) is 3.64. The van der Waals surface area contributed by atoms with Crippen LogP contribution in [0.3, 0.4) is 0 Å². The summed E-state index contributed by atoms with van der Waals surface area (Å²) in [5.74, 6) is 0. The molecule has 0 aliphatic carbocycles. The van der Waals surface area contributed by atoms with E-state index in [4.69, 9.17) is 5.11 Å². The van der Waals surface area contributed by atoms with Crippen LogP contribution < -0.4 is 4.31 Å². The number of nitrogens with zero attached hydrogens (tertiary/aromatic N) is 1. The minimum absolute atomic E-state index is 0.0382. The highest BCUT2D eigenvalue weighted by Gasteiger charge is 2.26. The normalized spacial score (nSPS) is 11.5. The molecule has 0 fully saturated rings. The highest BCUT2D eigenvalue weighted by atomic mass is 32.2. The van der Waals surface area contributed by atoms with E-state index in [0.29, 0.717) is 16.3 Å². The standard InChI is InChI=1S/C15H19NO3S2/c1-2-14-9-10-15(20-14)21(18,19)16(11-6-12-17)13-7-4-3-5-8-13/h3-5,7-10,17H,2,6,11-12H2,1H3. The Morgan fingerprint density at radius 3 is 2.43 bits per heavy atom. The summed E-state index contributed by atoms with van der Waals surface area (Å²) in [6, 6.07) is 12.5. The predicted octanol–water partition coefficient (Wildman–Crippen LogP) is 2.89. The molecule has 0 saturated heterocycles. The molecule has 1 heterocycles. The summed E-state index contributed by atoms with van der Waals surface area (Å²) in [7, 11) is -3.57. The summed E-state index contributed by atoms with van der Waals surface area (Å²) in [5.41, 5.74) is 0.623. The summed E-state index contributed by atoms with van der Waals surface area (Å²) in [6.07, 6.45) is 1.22. The van der Waals surface area contributed by atoms with Crippen LogP contribution in [-0.4, -0.2) is 26.7 Å². The van der Waals surface area contributed by atoms with Crippen LogP contribution in [0.2, 0.25) is 0 Å². The lowest BCUT2D eigenvalue weighted by atomic mass is 10.3. The van der Waals surface area contributed by atoms with Crippen molar-refractivity contribution in [3.05, 3.63) is 47.3 Å². The van der Waals surface area contributed by atoms with E-state index in [1.807, 2.05) is 31.2 Å². The number of anilines is 1. The Labute approximate surface area is 129 Å². The number of aliphatic hydroxyl groups excluding tert-OH is 1. The first-order valence-corrected chi connectivity index (χ1v) is 9.12. The van der Waals surface area contributed by atoms with E-state index in [9.17, 15) is 8.42 Å². The van der Waals surface area contributed by atoms with Gasteiger partial charge in [-0.05, 0) is 37.1 Å². The van der Waals surface area contributed by atoms with Gasteiger partial charge in [-0.15, -0.1) is 11.3 Å². The summed E-state index contributed by atoms with van der Waals surface area (Å²) in [4.78, 5) is 1.05. The average molecular weight is 325 g/mol. The van der Waals surface area contributed by atoms with Gasteiger partial charge in [-0.25, -0.2) is 8.42 Å². The van der Waals surface area contributed by atoms with Crippen molar-refractivity contribution >= 4 is 27.0 Å². The summed E-state index contributed by atoms with van der Waals surface area (Å²) in [6.45, 7) is 2.23. The molecule has 0 amide bonds. The van der Waals surface area contributed by atoms with Crippen molar-refractivity contribution in [3.8, 4) is 0 Å². The van der Waals surface area contributed by atoms with Crippen LogP contribution in [0, 0.1) is 0 Å². The Hall–Kier alpha value is -1.37. The van der Waals surface area contributed by atoms with Gasteiger partial charge in [0, 0.05) is 18.0 Å². The lowest BCUT2D eigenvalue weighted by molar-refractivity contribution is 0.291. The predicted molar refractivity (Wildman–Crippen MR) is 86.4 cm³/mol. The summed E-state index contributed by atoms with van der Waals surface area (Å²) < 4.78 is 27.4. The Balaban J connectivity index is 2.39. The van der Waals surface area contributed by atoms with Crippen LogP contribution in [0.1, 0.15) is 18.2 Å². The molecule has 0 aliphatic heterocycles. The van der Waals surface area contributed by atoms with Crippen molar-refractivity contribution in [2.45, 2.75) is 24.0 Å². The minimum Gasteiger partial charge on any atom is -0.396 e. The van der Waals surface area contributed by atoms with Gasteiger partial charge in [0.1, 0.15) is 4.21 Å². The van der Waals surface area contributed by atoms with Crippen LogP contribution in [0.15, 0.2) is 46.7 Å². The van der Waals surface area contributed by atoms with Crippen molar-refractivity contribution in [1.82, 2.24) is 0 Å².